The molecule has 0 saturated heterocycles. The summed E-state index contributed by atoms with van der Waals surface area (Å²) in [5.41, 5.74) is 1.20. The van der Waals surface area contributed by atoms with Gasteiger partial charge in [0.15, 0.2) is 5.88 Å². The van der Waals surface area contributed by atoms with Crippen LogP contribution in [0.2, 0.25) is 0 Å². The molecule has 0 amide bonds. The van der Waals surface area contributed by atoms with Crippen LogP contribution in [0.5, 0.6) is 0 Å². The average molecular weight is 213 g/mol. The van der Waals surface area contributed by atoms with E-state index in [1.165, 1.54) is 12.0 Å². The summed E-state index contributed by atoms with van der Waals surface area (Å²) >= 11 is 0. The maximum Gasteiger partial charge on any atom is 0.326 e. The fraction of sp³-hybridized carbons (Fsp3) is 0.727. The third-order valence-corrected chi connectivity index (χ3v) is 2.70. The largest absolute Gasteiger partial charge is 0.483 e. The van der Waals surface area contributed by atoms with Crippen LogP contribution in [0.25, 0.3) is 0 Å². The molecule has 0 aromatic carbocycles. The van der Waals surface area contributed by atoms with Gasteiger partial charge in [0, 0.05) is 0 Å². The van der Waals surface area contributed by atoms with Crippen LogP contribution in [-0.4, -0.2) is 24.2 Å². The maximum atomic E-state index is 11.0. The molecule has 4 nitrogen and oxygen atoms in total. The highest BCUT2D eigenvalue weighted by atomic mass is 16.5. The number of aliphatic carboxylic acids is 1. The topological polar surface area (TPSA) is 58.6 Å². The van der Waals surface area contributed by atoms with Gasteiger partial charge < -0.3 is 15.2 Å². The van der Waals surface area contributed by atoms with Gasteiger partial charge >= 0.3 is 5.97 Å². The van der Waals surface area contributed by atoms with E-state index < -0.39 is 12.0 Å². The first-order valence-electron chi connectivity index (χ1n) is 5.31. The Labute approximate surface area is 90.3 Å². The second kappa shape index (κ2) is 5.05. The van der Waals surface area contributed by atoms with Crippen molar-refractivity contribution in [1.29, 1.82) is 0 Å². The molecule has 1 aliphatic carbocycles. The zero-order valence-electron chi connectivity index (χ0n) is 9.54. The van der Waals surface area contributed by atoms with Gasteiger partial charge in [0.05, 0.1) is 7.11 Å². The molecule has 0 bridgehead atoms. The van der Waals surface area contributed by atoms with E-state index in [0.717, 1.165) is 12.8 Å². The van der Waals surface area contributed by atoms with E-state index in [0.29, 0.717) is 5.88 Å². The van der Waals surface area contributed by atoms with E-state index in [4.69, 9.17) is 9.84 Å². The molecular weight excluding hydrogens is 194 g/mol. The van der Waals surface area contributed by atoms with Crippen molar-refractivity contribution in [3.05, 3.63) is 11.5 Å². The lowest BCUT2D eigenvalue weighted by Gasteiger charge is -2.26. The molecule has 0 radical (unpaired) electrons. The first-order valence-corrected chi connectivity index (χ1v) is 5.31. The molecule has 4 heteroatoms. The van der Waals surface area contributed by atoms with Gasteiger partial charge in [0.2, 0.25) is 0 Å². The minimum atomic E-state index is -0.834. The monoisotopic (exact) mass is 213 g/mol. The van der Waals surface area contributed by atoms with E-state index >= 15 is 0 Å². The molecule has 1 aliphatic rings. The lowest BCUT2D eigenvalue weighted by atomic mass is 9.92. The normalized spacial score (nSPS) is 16.9. The Hall–Kier alpha value is -1.19. The highest BCUT2D eigenvalue weighted by Crippen LogP contribution is 2.28. The predicted molar refractivity (Wildman–Crippen MR) is 57.3 cm³/mol. The zero-order chi connectivity index (χ0) is 11.4. The number of allylic oxidation sites excluding steroid dienone is 1. The number of hydrogen-bond acceptors (Lipinski definition) is 3. The standard InChI is InChI=1S/C11H19NO3/c1-7(2)9(11(13)14)12-10(15-3)8-5-4-6-8/h7,9,12H,4-6H2,1-3H3,(H,13,14). The Bertz CT molecular complexity index is 265. The summed E-state index contributed by atoms with van der Waals surface area (Å²) in [5, 5.41) is 12.0. The minimum Gasteiger partial charge on any atom is -0.483 e. The number of methoxy groups -OCH3 is 1. The minimum absolute atomic E-state index is 0.0355. The number of carbonyl (C=O) groups is 1. The van der Waals surface area contributed by atoms with Gasteiger partial charge in [-0.2, -0.15) is 0 Å². The summed E-state index contributed by atoms with van der Waals surface area (Å²) in [5.74, 6) is -0.143. The molecule has 0 aliphatic heterocycles. The smallest absolute Gasteiger partial charge is 0.326 e. The molecule has 15 heavy (non-hydrogen) atoms. The van der Waals surface area contributed by atoms with E-state index in [1.807, 2.05) is 13.8 Å². The van der Waals surface area contributed by atoms with Crippen LogP contribution in [0.3, 0.4) is 0 Å². The Morgan fingerprint density at radius 1 is 1.47 bits per heavy atom. The third-order valence-electron chi connectivity index (χ3n) is 2.70. The second-order valence-corrected chi connectivity index (χ2v) is 4.19. The first kappa shape index (κ1) is 11.9. The van der Waals surface area contributed by atoms with E-state index in [-0.39, 0.29) is 5.92 Å². The third kappa shape index (κ3) is 2.88. The summed E-state index contributed by atoms with van der Waals surface area (Å²) in [6.07, 6.45) is 3.20. The van der Waals surface area contributed by atoms with Crippen molar-refractivity contribution >= 4 is 5.97 Å². The SMILES string of the molecule is COC(NC(C(=O)O)C(C)C)=C1CCC1. The van der Waals surface area contributed by atoms with Crippen molar-refractivity contribution in [2.75, 3.05) is 7.11 Å². The molecule has 1 unspecified atom stereocenters. The van der Waals surface area contributed by atoms with Gasteiger partial charge in [-0.15, -0.1) is 0 Å². The molecule has 86 valence electrons. The van der Waals surface area contributed by atoms with Crippen LogP contribution in [-0.2, 0) is 9.53 Å². The van der Waals surface area contributed by atoms with Crippen molar-refractivity contribution in [2.45, 2.75) is 39.2 Å². The molecule has 1 saturated carbocycles. The number of ether oxygens (including phenoxy) is 1. The van der Waals surface area contributed by atoms with Crippen LogP contribution in [0, 0.1) is 5.92 Å². The fourth-order valence-electron chi connectivity index (χ4n) is 1.54. The van der Waals surface area contributed by atoms with Crippen molar-refractivity contribution in [3.8, 4) is 0 Å². The van der Waals surface area contributed by atoms with Crippen LogP contribution >= 0.6 is 0 Å². The highest BCUT2D eigenvalue weighted by Gasteiger charge is 2.25. The Morgan fingerprint density at radius 3 is 2.33 bits per heavy atom. The van der Waals surface area contributed by atoms with Crippen LogP contribution in [0.15, 0.2) is 11.5 Å². The summed E-state index contributed by atoms with van der Waals surface area (Å²) < 4.78 is 5.19. The van der Waals surface area contributed by atoms with Crippen molar-refractivity contribution < 1.29 is 14.6 Å². The van der Waals surface area contributed by atoms with E-state index in [9.17, 15) is 4.79 Å². The molecular formula is C11H19NO3. The summed E-state index contributed by atoms with van der Waals surface area (Å²) in [6, 6.07) is -0.576. The lowest BCUT2D eigenvalue weighted by molar-refractivity contribution is -0.140. The Kier molecular flexibility index (Phi) is 4.00. The van der Waals surface area contributed by atoms with Gasteiger partial charge in [0.1, 0.15) is 6.04 Å². The molecule has 0 spiro atoms. The molecule has 1 atom stereocenters. The van der Waals surface area contributed by atoms with Crippen molar-refractivity contribution in [2.24, 2.45) is 5.92 Å². The molecule has 0 heterocycles. The van der Waals surface area contributed by atoms with E-state index in [2.05, 4.69) is 5.32 Å². The number of carboxylic acids is 1. The number of carboxylic acid groups (broad SMARTS) is 1. The Balaban J connectivity index is 2.67. The van der Waals surface area contributed by atoms with Gasteiger partial charge in [-0.3, -0.25) is 0 Å². The zero-order valence-corrected chi connectivity index (χ0v) is 9.54. The fourth-order valence-corrected chi connectivity index (χ4v) is 1.54. The highest BCUT2D eigenvalue weighted by molar-refractivity contribution is 5.74. The van der Waals surface area contributed by atoms with Gasteiger partial charge in [-0.1, -0.05) is 13.8 Å². The number of hydrogen-bond donors (Lipinski definition) is 2. The molecule has 0 aromatic rings. The maximum absolute atomic E-state index is 11.0. The van der Waals surface area contributed by atoms with Crippen LogP contribution in [0.1, 0.15) is 33.1 Å². The predicted octanol–water partition coefficient (Wildman–Crippen LogP) is 1.73. The van der Waals surface area contributed by atoms with E-state index in [1.54, 1.807) is 7.11 Å². The lowest BCUT2D eigenvalue weighted by Crippen LogP contribution is -2.41. The second-order valence-electron chi connectivity index (χ2n) is 4.19. The Morgan fingerprint density at radius 2 is 2.07 bits per heavy atom. The first-order chi connectivity index (χ1) is 7.06. The quantitative estimate of drug-likeness (QED) is 0.683. The van der Waals surface area contributed by atoms with Gasteiger partial charge in [0.25, 0.3) is 0 Å². The van der Waals surface area contributed by atoms with Gasteiger partial charge in [-0.25, -0.2) is 4.79 Å². The number of nitrogens with one attached hydrogen (secondary N) is 1. The average Bonchev–Trinajstić information content (AvgIpc) is 2.07. The van der Waals surface area contributed by atoms with Gasteiger partial charge in [-0.05, 0) is 30.8 Å². The van der Waals surface area contributed by atoms with Crippen LogP contribution in [0.4, 0.5) is 0 Å². The molecule has 0 aromatic heterocycles. The summed E-state index contributed by atoms with van der Waals surface area (Å²) in [4.78, 5) is 11.0. The summed E-state index contributed by atoms with van der Waals surface area (Å²) in [6.45, 7) is 3.76. The molecule has 1 rings (SSSR count). The van der Waals surface area contributed by atoms with Crippen LogP contribution < -0.4 is 5.32 Å². The number of rotatable bonds is 5. The molecule has 2 N–H and O–H groups in total. The molecule has 1 fully saturated rings. The summed E-state index contributed by atoms with van der Waals surface area (Å²) in [7, 11) is 1.58. The van der Waals surface area contributed by atoms with Crippen molar-refractivity contribution in [3.63, 3.8) is 0 Å². The van der Waals surface area contributed by atoms with Crippen molar-refractivity contribution in [1.82, 2.24) is 5.32 Å².